The Morgan fingerprint density at radius 3 is 2.53 bits per heavy atom. The summed E-state index contributed by atoms with van der Waals surface area (Å²) in [5.74, 6) is 0.803. The molecule has 3 N–H and O–H groups in total. The molecule has 0 amide bonds. The van der Waals surface area contributed by atoms with Crippen LogP contribution in [0.1, 0.15) is 24.4 Å². The van der Waals surface area contributed by atoms with Gasteiger partial charge in [0, 0.05) is 19.3 Å². The van der Waals surface area contributed by atoms with Crippen molar-refractivity contribution in [2.45, 2.75) is 18.9 Å². The summed E-state index contributed by atoms with van der Waals surface area (Å²) in [4.78, 5) is 0. The molecule has 0 saturated carbocycles. The van der Waals surface area contributed by atoms with E-state index in [-0.39, 0.29) is 6.04 Å². The minimum absolute atomic E-state index is 0.0714. The van der Waals surface area contributed by atoms with Crippen LogP contribution in [0.4, 0.5) is 0 Å². The molecular formula is C16H19NO2. The zero-order chi connectivity index (χ0) is 13.2. The summed E-state index contributed by atoms with van der Waals surface area (Å²) >= 11 is 0. The van der Waals surface area contributed by atoms with Crippen LogP contribution < -0.4 is 5.73 Å². The Morgan fingerprint density at radius 2 is 1.74 bits per heavy atom. The van der Waals surface area contributed by atoms with Crippen LogP contribution in [-0.4, -0.2) is 18.3 Å². The normalized spacial score (nSPS) is 18.6. The van der Waals surface area contributed by atoms with Gasteiger partial charge in [-0.25, -0.2) is 0 Å². The maximum atomic E-state index is 9.47. The van der Waals surface area contributed by atoms with Crippen LogP contribution in [0.2, 0.25) is 0 Å². The van der Waals surface area contributed by atoms with Crippen LogP contribution in [0, 0.1) is 5.92 Å². The molecule has 0 unspecified atom stereocenters. The number of fused-ring (bicyclic) bond motifs is 1. The van der Waals surface area contributed by atoms with Crippen molar-refractivity contribution in [3.05, 3.63) is 42.0 Å². The fourth-order valence-electron chi connectivity index (χ4n) is 2.81. The molecule has 1 aliphatic rings. The quantitative estimate of drug-likeness (QED) is 0.869. The lowest BCUT2D eigenvalue weighted by Gasteiger charge is -2.28. The predicted molar refractivity (Wildman–Crippen MR) is 76.1 cm³/mol. The van der Waals surface area contributed by atoms with Gasteiger partial charge in [-0.3, -0.25) is 0 Å². The van der Waals surface area contributed by atoms with Crippen LogP contribution in [-0.2, 0) is 4.74 Å². The monoisotopic (exact) mass is 257 g/mol. The van der Waals surface area contributed by atoms with Gasteiger partial charge in [0.2, 0.25) is 0 Å². The van der Waals surface area contributed by atoms with Gasteiger partial charge < -0.3 is 15.6 Å². The lowest BCUT2D eigenvalue weighted by atomic mass is 9.87. The first-order valence-corrected chi connectivity index (χ1v) is 6.80. The average Bonchev–Trinajstić information content (AvgIpc) is 2.47. The number of aromatic hydroxyl groups is 1. The number of rotatable bonds is 2. The Kier molecular flexibility index (Phi) is 3.40. The van der Waals surface area contributed by atoms with Crippen molar-refractivity contribution in [2.24, 2.45) is 11.7 Å². The Balaban J connectivity index is 1.89. The van der Waals surface area contributed by atoms with Gasteiger partial charge in [-0.15, -0.1) is 0 Å². The second-order valence-corrected chi connectivity index (χ2v) is 5.27. The largest absolute Gasteiger partial charge is 0.508 e. The zero-order valence-electron chi connectivity index (χ0n) is 10.9. The molecule has 1 fully saturated rings. The summed E-state index contributed by atoms with van der Waals surface area (Å²) in [5, 5.41) is 11.6. The van der Waals surface area contributed by atoms with Gasteiger partial charge in [-0.05, 0) is 53.3 Å². The standard InChI is InChI=1S/C16H19NO2/c17-16(11-5-7-19-8-6-11)14-2-1-13-10-15(18)4-3-12(13)9-14/h1-4,9-11,16,18H,5-8,17H2/t16-/m1/s1. The van der Waals surface area contributed by atoms with Crippen molar-refractivity contribution >= 4 is 10.8 Å². The summed E-state index contributed by atoms with van der Waals surface area (Å²) in [5.41, 5.74) is 7.56. The number of ether oxygens (including phenoxy) is 1. The summed E-state index contributed by atoms with van der Waals surface area (Å²) < 4.78 is 5.39. The topological polar surface area (TPSA) is 55.5 Å². The first-order chi connectivity index (χ1) is 9.24. The van der Waals surface area contributed by atoms with Gasteiger partial charge >= 0.3 is 0 Å². The molecule has 1 saturated heterocycles. The second-order valence-electron chi connectivity index (χ2n) is 5.27. The number of phenolic OH excluding ortho intramolecular Hbond substituents is 1. The van der Waals surface area contributed by atoms with Crippen LogP contribution in [0.3, 0.4) is 0 Å². The summed E-state index contributed by atoms with van der Waals surface area (Å²) in [6, 6.07) is 11.7. The minimum Gasteiger partial charge on any atom is -0.508 e. The van der Waals surface area contributed by atoms with Gasteiger partial charge in [0.05, 0.1) is 0 Å². The molecule has 0 bridgehead atoms. The number of phenols is 1. The van der Waals surface area contributed by atoms with Gasteiger partial charge in [-0.2, -0.15) is 0 Å². The van der Waals surface area contributed by atoms with Gasteiger partial charge in [-0.1, -0.05) is 18.2 Å². The van der Waals surface area contributed by atoms with Crippen molar-refractivity contribution < 1.29 is 9.84 Å². The Morgan fingerprint density at radius 1 is 1.05 bits per heavy atom. The highest BCUT2D eigenvalue weighted by Gasteiger charge is 2.22. The van der Waals surface area contributed by atoms with E-state index in [1.807, 2.05) is 12.1 Å². The van der Waals surface area contributed by atoms with E-state index in [0.717, 1.165) is 36.8 Å². The smallest absolute Gasteiger partial charge is 0.116 e. The van der Waals surface area contributed by atoms with E-state index in [2.05, 4.69) is 12.1 Å². The van der Waals surface area contributed by atoms with Crippen molar-refractivity contribution in [3.63, 3.8) is 0 Å². The first-order valence-electron chi connectivity index (χ1n) is 6.80. The van der Waals surface area contributed by atoms with E-state index in [9.17, 15) is 5.11 Å². The first kappa shape index (κ1) is 12.5. The lowest BCUT2D eigenvalue weighted by Crippen LogP contribution is -2.27. The highest BCUT2D eigenvalue weighted by molar-refractivity contribution is 5.84. The highest BCUT2D eigenvalue weighted by Crippen LogP contribution is 2.30. The molecule has 2 aromatic rings. The van der Waals surface area contributed by atoms with E-state index in [1.165, 1.54) is 5.56 Å². The van der Waals surface area contributed by atoms with Crippen molar-refractivity contribution in [1.82, 2.24) is 0 Å². The molecule has 0 radical (unpaired) electrons. The van der Waals surface area contributed by atoms with E-state index < -0.39 is 0 Å². The molecule has 1 aliphatic heterocycles. The zero-order valence-corrected chi connectivity index (χ0v) is 10.9. The molecule has 3 rings (SSSR count). The maximum Gasteiger partial charge on any atom is 0.116 e. The summed E-state index contributed by atoms with van der Waals surface area (Å²) in [7, 11) is 0. The van der Waals surface area contributed by atoms with Crippen molar-refractivity contribution in [3.8, 4) is 5.75 Å². The van der Waals surface area contributed by atoms with Crippen LogP contribution in [0.15, 0.2) is 36.4 Å². The van der Waals surface area contributed by atoms with E-state index >= 15 is 0 Å². The molecule has 3 heteroatoms. The predicted octanol–water partition coefficient (Wildman–Crippen LogP) is 2.97. The van der Waals surface area contributed by atoms with Crippen LogP contribution in [0.5, 0.6) is 5.75 Å². The second kappa shape index (κ2) is 5.19. The molecule has 0 aliphatic carbocycles. The Bertz CT molecular complexity index is 576. The van der Waals surface area contributed by atoms with Crippen LogP contribution >= 0.6 is 0 Å². The van der Waals surface area contributed by atoms with E-state index in [0.29, 0.717) is 11.7 Å². The number of hydrogen-bond donors (Lipinski definition) is 2. The van der Waals surface area contributed by atoms with Gasteiger partial charge in [0.1, 0.15) is 5.75 Å². The molecule has 0 spiro atoms. The molecule has 3 nitrogen and oxygen atoms in total. The summed E-state index contributed by atoms with van der Waals surface area (Å²) in [6.07, 6.45) is 2.07. The number of hydrogen-bond acceptors (Lipinski definition) is 3. The summed E-state index contributed by atoms with van der Waals surface area (Å²) in [6.45, 7) is 1.64. The number of benzene rings is 2. The fraction of sp³-hybridized carbons (Fsp3) is 0.375. The molecule has 2 aromatic carbocycles. The van der Waals surface area contributed by atoms with Crippen LogP contribution in [0.25, 0.3) is 10.8 Å². The Hall–Kier alpha value is -1.58. The third kappa shape index (κ3) is 2.57. The van der Waals surface area contributed by atoms with Gasteiger partial charge in [0.15, 0.2) is 0 Å². The maximum absolute atomic E-state index is 9.47. The molecule has 1 heterocycles. The van der Waals surface area contributed by atoms with Crippen molar-refractivity contribution in [2.75, 3.05) is 13.2 Å². The molecule has 1 atom stereocenters. The van der Waals surface area contributed by atoms with E-state index in [4.69, 9.17) is 10.5 Å². The third-order valence-electron chi connectivity index (χ3n) is 4.01. The molecular weight excluding hydrogens is 238 g/mol. The highest BCUT2D eigenvalue weighted by atomic mass is 16.5. The molecule has 0 aromatic heterocycles. The third-order valence-corrected chi connectivity index (χ3v) is 4.01. The molecule has 100 valence electrons. The van der Waals surface area contributed by atoms with Crippen molar-refractivity contribution in [1.29, 1.82) is 0 Å². The SMILES string of the molecule is N[C@@H](c1ccc2cc(O)ccc2c1)C1CCOCC1. The molecule has 19 heavy (non-hydrogen) atoms. The average molecular weight is 257 g/mol. The number of nitrogens with two attached hydrogens (primary N) is 1. The lowest BCUT2D eigenvalue weighted by molar-refractivity contribution is 0.0584. The Labute approximate surface area is 113 Å². The van der Waals surface area contributed by atoms with E-state index in [1.54, 1.807) is 12.1 Å². The van der Waals surface area contributed by atoms with Gasteiger partial charge in [0.25, 0.3) is 0 Å². The fourth-order valence-corrected chi connectivity index (χ4v) is 2.81. The minimum atomic E-state index is 0.0714.